The number of aromatic nitrogens is 2. The lowest BCUT2D eigenvalue weighted by Crippen LogP contribution is -2.37. The van der Waals surface area contributed by atoms with Crippen LogP contribution in [0.2, 0.25) is 4.47 Å². The zero-order valence-electron chi connectivity index (χ0n) is 10.2. The van der Waals surface area contributed by atoms with Crippen molar-refractivity contribution in [2.45, 2.75) is 20.3 Å². The van der Waals surface area contributed by atoms with Crippen LogP contribution in [0.1, 0.15) is 30.1 Å². The summed E-state index contributed by atoms with van der Waals surface area (Å²) in [5, 5.41) is 7.41. The van der Waals surface area contributed by atoms with Gasteiger partial charge in [-0.25, -0.2) is 0 Å². The van der Waals surface area contributed by atoms with Crippen LogP contribution in [0.25, 0.3) is 0 Å². The molecule has 0 aromatic carbocycles. The molecule has 0 N–H and O–H groups in total. The quantitative estimate of drug-likeness (QED) is 0.745. The largest absolute Gasteiger partial charge is 0.465 e. The van der Waals surface area contributed by atoms with Gasteiger partial charge in [0, 0.05) is 6.54 Å². The zero-order chi connectivity index (χ0) is 13.5. The number of nitrogens with zero attached hydrogens (tertiary/aromatic N) is 3. The minimum Gasteiger partial charge on any atom is -0.465 e. The van der Waals surface area contributed by atoms with Crippen LogP contribution in [0.3, 0.4) is 0 Å². The molecule has 18 heavy (non-hydrogen) atoms. The van der Waals surface area contributed by atoms with E-state index >= 15 is 0 Å². The van der Waals surface area contributed by atoms with Gasteiger partial charge in [-0.2, -0.15) is 0 Å². The van der Waals surface area contributed by atoms with E-state index in [-0.39, 0.29) is 28.5 Å². The molecule has 0 saturated carbocycles. The predicted molar refractivity (Wildman–Crippen MR) is 67.7 cm³/mol. The van der Waals surface area contributed by atoms with Crippen molar-refractivity contribution < 1.29 is 14.3 Å². The van der Waals surface area contributed by atoms with Crippen LogP contribution in [0.5, 0.6) is 0 Å². The van der Waals surface area contributed by atoms with Crippen molar-refractivity contribution in [1.29, 1.82) is 0 Å². The highest BCUT2D eigenvalue weighted by Gasteiger charge is 2.22. The standard InChI is InChI=1S/C10H14ClN3O3S/c1-3-5-14(6-7(15)17-4-2)9(16)8-12-13-10(11)18-8/h3-6H2,1-2H3. The van der Waals surface area contributed by atoms with Crippen LogP contribution in [0.4, 0.5) is 0 Å². The lowest BCUT2D eigenvalue weighted by atomic mass is 10.4. The summed E-state index contributed by atoms with van der Waals surface area (Å²) in [6, 6.07) is 0. The number of rotatable bonds is 6. The topological polar surface area (TPSA) is 72.4 Å². The molecule has 0 aliphatic heterocycles. The van der Waals surface area contributed by atoms with E-state index in [0.29, 0.717) is 6.54 Å². The third-order valence-electron chi connectivity index (χ3n) is 1.99. The average molecular weight is 292 g/mol. The minimum atomic E-state index is -0.435. The molecule has 0 fully saturated rings. The Morgan fingerprint density at radius 1 is 1.39 bits per heavy atom. The van der Waals surface area contributed by atoms with Crippen LogP contribution in [-0.2, 0) is 9.53 Å². The molecule has 0 unspecified atom stereocenters. The summed E-state index contributed by atoms with van der Waals surface area (Å²) < 4.78 is 5.02. The fraction of sp³-hybridized carbons (Fsp3) is 0.600. The highest BCUT2D eigenvalue weighted by atomic mass is 35.5. The van der Waals surface area contributed by atoms with Gasteiger partial charge in [-0.05, 0) is 24.9 Å². The number of amides is 1. The number of hydrogen-bond acceptors (Lipinski definition) is 6. The van der Waals surface area contributed by atoms with Gasteiger partial charge in [0.05, 0.1) is 6.61 Å². The van der Waals surface area contributed by atoms with Gasteiger partial charge in [0.1, 0.15) is 6.54 Å². The molecule has 1 rings (SSSR count). The maximum Gasteiger partial charge on any atom is 0.325 e. The van der Waals surface area contributed by atoms with E-state index in [1.807, 2.05) is 6.92 Å². The Morgan fingerprint density at radius 2 is 2.11 bits per heavy atom. The van der Waals surface area contributed by atoms with E-state index in [0.717, 1.165) is 17.8 Å². The van der Waals surface area contributed by atoms with E-state index in [9.17, 15) is 9.59 Å². The fourth-order valence-corrected chi connectivity index (χ4v) is 2.11. The maximum absolute atomic E-state index is 12.1. The van der Waals surface area contributed by atoms with E-state index < -0.39 is 5.97 Å². The second-order valence-corrected chi connectivity index (χ2v) is 4.95. The maximum atomic E-state index is 12.1. The van der Waals surface area contributed by atoms with Crippen molar-refractivity contribution >= 4 is 34.8 Å². The Labute approximate surface area is 114 Å². The molecule has 0 aliphatic carbocycles. The van der Waals surface area contributed by atoms with E-state index in [2.05, 4.69) is 10.2 Å². The summed E-state index contributed by atoms with van der Waals surface area (Å²) in [5.41, 5.74) is 0. The summed E-state index contributed by atoms with van der Waals surface area (Å²) in [6.45, 7) is 4.29. The monoisotopic (exact) mass is 291 g/mol. The Balaban J connectivity index is 2.71. The van der Waals surface area contributed by atoms with Crippen LogP contribution in [0, 0.1) is 0 Å². The number of halogens is 1. The third-order valence-corrected chi connectivity index (χ3v) is 3.00. The Hall–Kier alpha value is -1.21. The molecule has 0 radical (unpaired) electrons. The Morgan fingerprint density at radius 3 is 2.61 bits per heavy atom. The van der Waals surface area contributed by atoms with Crippen LogP contribution < -0.4 is 0 Å². The number of ether oxygens (including phenoxy) is 1. The molecule has 6 nitrogen and oxygen atoms in total. The first-order chi connectivity index (χ1) is 8.58. The molecular weight excluding hydrogens is 278 g/mol. The van der Waals surface area contributed by atoms with Gasteiger partial charge in [0.15, 0.2) is 0 Å². The van der Waals surface area contributed by atoms with Gasteiger partial charge in [-0.3, -0.25) is 9.59 Å². The van der Waals surface area contributed by atoms with Gasteiger partial charge < -0.3 is 9.64 Å². The van der Waals surface area contributed by atoms with Crippen molar-refractivity contribution in [2.24, 2.45) is 0 Å². The Bertz CT molecular complexity index is 424. The van der Waals surface area contributed by atoms with Gasteiger partial charge in [-0.15, -0.1) is 10.2 Å². The molecule has 1 amide bonds. The highest BCUT2D eigenvalue weighted by Crippen LogP contribution is 2.16. The van der Waals surface area contributed by atoms with Gasteiger partial charge >= 0.3 is 5.97 Å². The summed E-state index contributed by atoms with van der Waals surface area (Å²) >= 11 is 6.61. The number of carbonyl (C=O) groups is 2. The molecule has 1 aromatic rings. The van der Waals surface area contributed by atoms with E-state index in [4.69, 9.17) is 16.3 Å². The van der Waals surface area contributed by atoms with Crippen molar-refractivity contribution in [1.82, 2.24) is 15.1 Å². The van der Waals surface area contributed by atoms with Gasteiger partial charge in [0.2, 0.25) is 9.47 Å². The molecule has 0 saturated heterocycles. The van der Waals surface area contributed by atoms with E-state index in [1.165, 1.54) is 4.90 Å². The fourth-order valence-electron chi connectivity index (χ4n) is 1.31. The van der Waals surface area contributed by atoms with Crippen LogP contribution in [0.15, 0.2) is 0 Å². The molecule has 0 atom stereocenters. The average Bonchev–Trinajstić information content (AvgIpc) is 2.75. The van der Waals surface area contributed by atoms with Crippen molar-refractivity contribution in [3.8, 4) is 0 Å². The van der Waals surface area contributed by atoms with Crippen molar-refractivity contribution in [3.05, 3.63) is 9.47 Å². The van der Waals surface area contributed by atoms with Crippen molar-refractivity contribution in [2.75, 3.05) is 19.7 Å². The second-order valence-electron chi connectivity index (χ2n) is 3.39. The normalized spacial score (nSPS) is 10.2. The first-order valence-corrected chi connectivity index (χ1v) is 6.71. The number of esters is 1. The first kappa shape index (κ1) is 14.8. The smallest absolute Gasteiger partial charge is 0.325 e. The van der Waals surface area contributed by atoms with Crippen LogP contribution >= 0.6 is 22.9 Å². The molecule has 0 bridgehead atoms. The lowest BCUT2D eigenvalue weighted by Gasteiger charge is -2.19. The first-order valence-electron chi connectivity index (χ1n) is 5.52. The molecule has 0 aliphatic rings. The number of hydrogen-bond donors (Lipinski definition) is 0. The molecule has 1 aromatic heterocycles. The van der Waals surface area contributed by atoms with Crippen molar-refractivity contribution in [3.63, 3.8) is 0 Å². The lowest BCUT2D eigenvalue weighted by molar-refractivity contribution is -0.143. The molecule has 8 heteroatoms. The molecular formula is C10H14ClN3O3S. The summed E-state index contributed by atoms with van der Waals surface area (Å²) in [4.78, 5) is 24.8. The molecule has 0 spiro atoms. The SMILES string of the molecule is CCCN(CC(=O)OCC)C(=O)c1nnc(Cl)s1. The zero-order valence-corrected chi connectivity index (χ0v) is 11.8. The molecule has 1 heterocycles. The summed E-state index contributed by atoms with van der Waals surface area (Å²) in [6.07, 6.45) is 0.734. The third kappa shape index (κ3) is 4.23. The highest BCUT2D eigenvalue weighted by molar-refractivity contribution is 7.17. The minimum absolute atomic E-state index is 0.0856. The molecule has 100 valence electrons. The van der Waals surface area contributed by atoms with Gasteiger partial charge in [0.25, 0.3) is 5.91 Å². The second kappa shape index (κ2) is 7.27. The Kier molecular flexibility index (Phi) is 6.00. The van der Waals surface area contributed by atoms with E-state index in [1.54, 1.807) is 6.92 Å². The summed E-state index contributed by atoms with van der Waals surface area (Å²) in [7, 11) is 0. The van der Waals surface area contributed by atoms with Crippen LogP contribution in [-0.4, -0.2) is 46.7 Å². The number of carbonyl (C=O) groups excluding carboxylic acids is 2. The predicted octanol–water partition coefficient (Wildman–Crippen LogP) is 1.61. The summed E-state index contributed by atoms with van der Waals surface area (Å²) in [5.74, 6) is -0.788. The van der Waals surface area contributed by atoms with Gasteiger partial charge in [-0.1, -0.05) is 18.3 Å².